The van der Waals surface area contributed by atoms with Gasteiger partial charge < -0.3 is 33.8 Å². The van der Waals surface area contributed by atoms with Gasteiger partial charge in [-0.15, -0.1) is 0 Å². The van der Waals surface area contributed by atoms with Crippen molar-refractivity contribution in [2.24, 2.45) is 11.8 Å². The van der Waals surface area contributed by atoms with Gasteiger partial charge >= 0.3 is 39.5 Å². The Balaban J connectivity index is 5.25. The highest BCUT2D eigenvalue weighted by atomic mass is 31.2. The van der Waals surface area contributed by atoms with E-state index in [1.807, 2.05) is 0 Å². The second kappa shape index (κ2) is 60.3. The number of ether oxygens (including phenoxy) is 4. The van der Waals surface area contributed by atoms with Crippen molar-refractivity contribution >= 4 is 39.5 Å². The molecule has 17 nitrogen and oxygen atoms in total. The van der Waals surface area contributed by atoms with E-state index in [1.54, 1.807) is 0 Å². The van der Waals surface area contributed by atoms with Crippen LogP contribution in [-0.4, -0.2) is 96.7 Å². The third-order valence-electron chi connectivity index (χ3n) is 16.1. The highest BCUT2D eigenvalue weighted by Crippen LogP contribution is 2.45. The highest BCUT2D eigenvalue weighted by Gasteiger charge is 2.30. The molecule has 0 spiro atoms. The first kappa shape index (κ1) is 85.1. The number of aliphatic hydroxyl groups excluding tert-OH is 1. The molecule has 0 aromatic carbocycles. The van der Waals surface area contributed by atoms with E-state index in [9.17, 15) is 43.2 Å². The molecule has 0 saturated carbocycles. The Hall–Kier alpha value is -1.94. The largest absolute Gasteiger partial charge is 0.472 e. The lowest BCUT2D eigenvalue weighted by Gasteiger charge is -2.21. The van der Waals surface area contributed by atoms with Gasteiger partial charge in [0.05, 0.1) is 26.4 Å². The van der Waals surface area contributed by atoms with Gasteiger partial charge in [0.2, 0.25) is 0 Å². The maximum Gasteiger partial charge on any atom is 0.472 e. The van der Waals surface area contributed by atoms with Crippen LogP contribution >= 0.6 is 15.6 Å². The number of carbonyl (C=O) groups is 4. The van der Waals surface area contributed by atoms with Crippen molar-refractivity contribution in [2.45, 2.75) is 362 Å². The van der Waals surface area contributed by atoms with Crippen molar-refractivity contribution in [1.82, 2.24) is 0 Å². The van der Waals surface area contributed by atoms with Gasteiger partial charge in [0.15, 0.2) is 12.2 Å². The molecule has 0 radical (unpaired) electrons. The zero-order valence-electron chi connectivity index (χ0n) is 56.3. The van der Waals surface area contributed by atoms with Crippen molar-refractivity contribution in [2.75, 3.05) is 39.6 Å². The number of aliphatic hydroxyl groups is 1. The van der Waals surface area contributed by atoms with Crippen LogP contribution in [0, 0.1) is 11.8 Å². The summed E-state index contributed by atoms with van der Waals surface area (Å²) in [6.07, 6.45) is 44.4. The number of esters is 4. The molecule has 0 rings (SSSR count). The van der Waals surface area contributed by atoms with Crippen LogP contribution in [0.3, 0.4) is 0 Å². The van der Waals surface area contributed by atoms with E-state index in [0.29, 0.717) is 25.7 Å². The van der Waals surface area contributed by atoms with E-state index < -0.39 is 97.5 Å². The molecule has 0 aliphatic heterocycles. The number of carbonyl (C=O) groups excluding carboxylic acids is 4. The van der Waals surface area contributed by atoms with Gasteiger partial charge in [0, 0.05) is 25.7 Å². The summed E-state index contributed by atoms with van der Waals surface area (Å²) in [5, 5.41) is 10.6. The van der Waals surface area contributed by atoms with Crippen molar-refractivity contribution < 1.29 is 80.2 Å². The fraction of sp³-hybridized carbons (Fsp3) is 0.941. The number of unbranched alkanes of at least 4 members (excludes halogenated alkanes) is 36. The molecule has 0 aliphatic rings. The van der Waals surface area contributed by atoms with Crippen LogP contribution in [-0.2, 0) is 65.4 Å². The predicted octanol–water partition coefficient (Wildman–Crippen LogP) is 19.2. The molecule has 0 fully saturated rings. The zero-order valence-corrected chi connectivity index (χ0v) is 58.1. The second-order valence-corrected chi connectivity index (χ2v) is 28.2. The Morgan fingerprint density at radius 3 is 0.874 bits per heavy atom. The van der Waals surface area contributed by atoms with Crippen LogP contribution in [0.1, 0.15) is 343 Å². The summed E-state index contributed by atoms with van der Waals surface area (Å²) in [4.78, 5) is 72.4. The zero-order chi connectivity index (χ0) is 64.3. The lowest BCUT2D eigenvalue weighted by molar-refractivity contribution is -0.161. The van der Waals surface area contributed by atoms with Crippen LogP contribution in [0.15, 0.2) is 0 Å². The van der Waals surface area contributed by atoms with Crippen LogP contribution in [0.4, 0.5) is 0 Å². The molecule has 0 aromatic heterocycles. The van der Waals surface area contributed by atoms with Crippen LogP contribution in [0.5, 0.6) is 0 Å². The number of rotatable bonds is 67. The highest BCUT2D eigenvalue weighted by molar-refractivity contribution is 7.47. The standard InChI is InChI=1S/C68H132O17P2/c1-7-10-12-14-16-18-20-21-24-28-32-39-45-51-66(71)78-56-63(84-67(72)52-46-40-33-29-25-22-23-26-30-36-42-48-60(4)5)58-82-86(74,75)80-54-62(69)55-81-87(76,77)83-59-64(85-68(73)53-47-41-35-34-37-43-49-61(6)9-3)57-79-65(70)50-44-38-31-27-19-17-15-13-11-8-2/h60-64,69H,7-59H2,1-6H3,(H,74,75)(H,76,77)/t61?,62-,63-,64-/m1/s1. The minimum Gasteiger partial charge on any atom is -0.462 e. The summed E-state index contributed by atoms with van der Waals surface area (Å²) in [6, 6.07) is 0. The molecular formula is C68H132O17P2. The molecule has 6 atom stereocenters. The predicted molar refractivity (Wildman–Crippen MR) is 349 cm³/mol. The summed E-state index contributed by atoms with van der Waals surface area (Å²) in [7, 11) is -9.89. The molecule has 0 aromatic rings. The first-order valence-corrected chi connectivity index (χ1v) is 38.5. The molecule has 87 heavy (non-hydrogen) atoms. The second-order valence-electron chi connectivity index (χ2n) is 25.3. The van der Waals surface area contributed by atoms with E-state index in [0.717, 1.165) is 102 Å². The smallest absolute Gasteiger partial charge is 0.462 e. The molecule has 3 N–H and O–H groups in total. The number of hydrogen-bond acceptors (Lipinski definition) is 15. The van der Waals surface area contributed by atoms with E-state index in [4.69, 9.17) is 37.0 Å². The maximum atomic E-state index is 13.0. The van der Waals surface area contributed by atoms with Crippen molar-refractivity contribution in [1.29, 1.82) is 0 Å². The van der Waals surface area contributed by atoms with Gasteiger partial charge in [-0.3, -0.25) is 37.3 Å². The quantitative estimate of drug-likeness (QED) is 0.0222. The fourth-order valence-corrected chi connectivity index (χ4v) is 11.8. The van der Waals surface area contributed by atoms with Crippen molar-refractivity contribution in [3.05, 3.63) is 0 Å². The van der Waals surface area contributed by atoms with Gasteiger partial charge in [-0.05, 0) is 37.5 Å². The molecule has 516 valence electrons. The minimum absolute atomic E-state index is 0.103. The van der Waals surface area contributed by atoms with Gasteiger partial charge in [-0.1, -0.05) is 292 Å². The van der Waals surface area contributed by atoms with Gasteiger partial charge in [-0.25, -0.2) is 9.13 Å². The Morgan fingerprint density at radius 1 is 0.333 bits per heavy atom. The molecule has 3 unspecified atom stereocenters. The molecular weight excluding hydrogens is 1150 g/mol. The summed E-state index contributed by atoms with van der Waals surface area (Å²) >= 11 is 0. The van der Waals surface area contributed by atoms with Gasteiger partial charge in [0.1, 0.15) is 19.3 Å². The summed E-state index contributed by atoms with van der Waals surface area (Å²) in [6.45, 7) is 9.48. The molecule has 0 bridgehead atoms. The Morgan fingerprint density at radius 2 is 0.586 bits per heavy atom. The maximum absolute atomic E-state index is 13.0. The Kier molecular flexibility index (Phi) is 59.0. The van der Waals surface area contributed by atoms with Crippen LogP contribution < -0.4 is 0 Å². The molecule has 0 heterocycles. The molecule has 19 heteroatoms. The number of phosphoric acid groups is 2. The molecule has 0 aliphatic carbocycles. The van der Waals surface area contributed by atoms with Gasteiger partial charge in [-0.2, -0.15) is 0 Å². The van der Waals surface area contributed by atoms with Crippen LogP contribution in [0.2, 0.25) is 0 Å². The van der Waals surface area contributed by atoms with E-state index in [2.05, 4.69) is 41.5 Å². The van der Waals surface area contributed by atoms with E-state index in [-0.39, 0.29) is 25.7 Å². The minimum atomic E-state index is -4.95. The number of phosphoric ester groups is 2. The Bertz CT molecular complexity index is 1700. The topological polar surface area (TPSA) is 237 Å². The fourth-order valence-electron chi connectivity index (χ4n) is 10.2. The van der Waals surface area contributed by atoms with E-state index in [1.165, 1.54) is 161 Å². The normalized spacial score (nSPS) is 14.5. The third-order valence-corrected chi connectivity index (χ3v) is 18.0. The first-order valence-electron chi connectivity index (χ1n) is 35.5. The Labute approximate surface area is 530 Å². The van der Waals surface area contributed by atoms with Crippen LogP contribution in [0.25, 0.3) is 0 Å². The van der Waals surface area contributed by atoms with E-state index >= 15 is 0 Å². The summed E-state index contributed by atoms with van der Waals surface area (Å²) in [5.74, 6) is -0.643. The molecule has 0 saturated heterocycles. The average Bonchev–Trinajstić information content (AvgIpc) is 3.62. The lowest BCUT2D eigenvalue weighted by atomic mass is 10.00. The van der Waals surface area contributed by atoms with Crippen molar-refractivity contribution in [3.8, 4) is 0 Å². The van der Waals surface area contributed by atoms with Crippen molar-refractivity contribution in [3.63, 3.8) is 0 Å². The first-order chi connectivity index (χ1) is 41.9. The summed E-state index contributed by atoms with van der Waals surface area (Å²) in [5.41, 5.74) is 0. The SMILES string of the molecule is CCCCCCCCCCCCCCCC(=O)OC[C@H](COP(=O)(O)OC[C@@H](O)COP(=O)(O)OC[C@@H](COC(=O)CCCCCCCCCCCC)OC(=O)CCCCCCCCC(C)CC)OC(=O)CCCCCCCCCCCCCC(C)C. The molecule has 0 amide bonds. The summed E-state index contributed by atoms with van der Waals surface area (Å²) < 4.78 is 68.2. The van der Waals surface area contributed by atoms with Gasteiger partial charge in [0.25, 0.3) is 0 Å². The monoisotopic (exact) mass is 1280 g/mol. The lowest BCUT2D eigenvalue weighted by Crippen LogP contribution is -2.30. The average molecular weight is 1280 g/mol. The number of hydrogen-bond donors (Lipinski definition) is 3. The third kappa shape index (κ3) is 61.3.